The molecule has 0 amide bonds. The lowest BCUT2D eigenvalue weighted by atomic mass is 10.4. The molecule has 1 aromatic heterocycles. The Balaban J connectivity index is 2.99. The number of aryl methyl sites for hydroxylation is 1. The van der Waals surface area contributed by atoms with Crippen molar-refractivity contribution < 1.29 is 10.0 Å². The van der Waals surface area contributed by atoms with E-state index in [-0.39, 0.29) is 28.3 Å². The molecule has 0 aliphatic carbocycles. The van der Waals surface area contributed by atoms with Gasteiger partial charge in [-0.1, -0.05) is 11.8 Å². The first-order valence-corrected chi connectivity index (χ1v) is 5.84. The second-order valence-electron chi connectivity index (χ2n) is 2.91. The summed E-state index contributed by atoms with van der Waals surface area (Å²) >= 11 is 6.82. The molecule has 1 rings (SSSR count). The molecule has 88 valence electrons. The first kappa shape index (κ1) is 13.1. The van der Waals surface area contributed by atoms with Gasteiger partial charge in [-0.05, 0) is 24.9 Å². The number of aliphatic hydroxyl groups excluding tert-OH is 1. The highest BCUT2D eigenvalue weighted by Gasteiger charge is 2.21. The van der Waals surface area contributed by atoms with Gasteiger partial charge in [0.2, 0.25) is 5.28 Å². The van der Waals surface area contributed by atoms with Crippen LogP contribution in [0.15, 0.2) is 5.03 Å². The van der Waals surface area contributed by atoms with E-state index in [0.29, 0.717) is 12.2 Å². The molecule has 0 saturated carbocycles. The number of rotatable bonds is 5. The third-order valence-corrected chi connectivity index (χ3v) is 2.94. The summed E-state index contributed by atoms with van der Waals surface area (Å²) in [5.74, 6) is 0.546. The quantitative estimate of drug-likeness (QED) is 0.218. The van der Waals surface area contributed by atoms with Crippen molar-refractivity contribution in [3.05, 3.63) is 21.1 Å². The van der Waals surface area contributed by atoms with Gasteiger partial charge in [-0.2, -0.15) is 0 Å². The molecule has 0 atom stereocenters. The standard InChI is InChI=1S/C8H10ClN3O3S/c1-5-6(12(14)15)7(11-8(9)10-5)16-4-2-3-13/h13H,2-4H2,1H3. The zero-order valence-corrected chi connectivity index (χ0v) is 10.1. The summed E-state index contributed by atoms with van der Waals surface area (Å²) in [5.41, 5.74) is 0.129. The topological polar surface area (TPSA) is 89.2 Å². The second-order valence-corrected chi connectivity index (χ2v) is 4.34. The normalized spacial score (nSPS) is 10.4. The molecule has 1 N–H and O–H groups in total. The monoisotopic (exact) mass is 263 g/mol. The fourth-order valence-electron chi connectivity index (χ4n) is 1.05. The van der Waals surface area contributed by atoms with E-state index in [1.807, 2.05) is 0 Å². The molecule has 0 radical (unpaired) electrons. The van der Waals surface area contributed by atoms with Crippen LogP contribution in [0.25, 0.3) is 0 Å². The maximum atomic E-state index is 10.8. The molecule has 0 bridgehead atoms. The second kappa shape index (κ2) is 5.97. The van der Waals surface area contributed by atoms with Crippen LogP contribution in [0, 0.1) is 17.0 Å². The van der Waals surface area contributed by atoms with Crippen molar-refractivity contribution in [3.8, 4) is 0 Å². The average Bonchev–Trinajstić information content (AvgIpc) is 2.16. The van der Waals surface area contributed by atoms with Crippen LogP contribution in [0.2, 0.25) is 5.28 Å². The minimum Gasteiger partial charge on any atom is -0.396 e. The summed E-state index contributed by atoms with van der Waals surface area (Å²) in [5, 5.41) is 19.7. The molecule has 0 aliphatic rings. The summed E-state index contributed by atoms with van der Waals surface area (Å²) in [4.78, 5) is 17.8. The Morgan fingerprint density at radius 1 is 1.56 bits per heavy atom. The molecule has 0 unspecified atom stereocenters. The number of hydrogen-bond donors (Lipinski definition) is 1. The minimum absolute atomic E-state index is 0.00500. The Labute approximate surface area is 101 Å². The minimum atomic E-state index is -0.521. The predicted octanol–water partition coefficient (Wildman–Crippen LogP) is 1.82. The number of nitro groups is 1. The van der Waals surface area contributed by atoms with Crippen molar-refractivity contribution in [2.24, 2.45) is 0 Å². The Bertz CT molecular complexity index is 402. The van der Waals surface area contributed by atoms with Gasteiger partial charge in [0.15, 0.2) is 5.03 Å². The highest BCUT2D eigenvalue weighted by atomic mass is 35.5. The molecule has 0 saturated heterocycles. The molecule has 16 heavy (non-hydrogen) atoms. The zero-order valence-electron chi connectivity index (χ0n) is 8.51. The van der Waals surface area contributed by atoms with Gasteiger partial charge in [0.25, 0.3) is 0 Å². The van der Waals surface area contributed by atoms with Gasteiger partial charge in [-0.3, -0.25) is 10.1 Å². The third-order valence-electron chi connectivity index (χ3n) is 1.72. The van der Waals surface area contributed by atoms with Crippen molar-refractivity contribution in [2.45, 2.75) is 18.4 Å². The van der Waals surface area contributed by atoms with E-state index in [0.717, 1.165) is 0 Å². The van der Waals surface area contributed by atoms with Crippen molar-refractivity contribution >= 4 is 29.1 Å². The Morgan fingerprint density at radius 2 is 2.25 bits per heavy atom. The number of hydrogen-bond acceptors (Lipinski definition) is 6. The smallest absolute Gasteiger partial charge is 0.322 e. The highest BCUT2D eigenvalue weighted by molar-refractivity contribution is 7.99. The number of aromatic nitrogens is 2. The fourth-order valence-corrected chi connectivity index (χ4v) is 2.29. The molecule has 0 aromatic carbocycles. The van der Waals surface area contributed by atoms with Gasteiger partial charge in [0.05, 0.1) is 4.92 Å². The average molecular weight is 264 g/mol. The highest BCUT2D eigenvalue weighted by Crippen LogP contribution is 2.30. The Morgan fingerprint density at radius 3 is 2.81 bits per heavy atom. The molecule has 8 heteroatoms. The molecule has 0 aliphatic heterocycles. The summed E-state index contributed by atoms with van der Waals surface area (Å²) in [6, 6.07) is 0. The summed E-state index contributed by atoms with van der Waals surface area (Å²) in [6.07, 6.45) is 0.544. The van der Waals surface area contributed by atoms with E-state index in [1.165, 1.54) is 18.7 Å². The summed E-state index contributed by atoms with van der Waals surface area (Å²) < 4.78 is 0. The molecular weight excluding hydrogens is 254 g/mol. The number of aliphatic hydroxyl groups is 1. The van der Waals surface area contributed by atoms with E-state index in [1.54, 1.807) is 0 Å². The van der Waals surface area contributed by atoms with Crippen molar-refractivity contribution in [2.75, 3.05) is 12.4 Å². The molecule has 0 spiro atoms. The summed E-state index contributed by atoms with van der Waals surface area (Å²) in [6.45, 7) is 1.56. The van der Waals surface area contributed by atoms with Crippen LogP contribution in [0.3, 0.4) is 0 Å². The first-order chi connectivity index (χ1) is 7.56. The zero-order chi connectivity index (χ0) is 12.1. The van der Waals surface area contributed by atoms with Gasteiger partial charge >= 0.3 is 5.69 Å². The van der Waals surface area contributed by atoms with Crippen molar-refractivity contribution in [1.29, 1.82) is 0 Å². The molecule has 1 heterocycles. The van der Waals surface area contributed by atoms with Gasteiger partial charge in [-0.15, -0.1) is 0 Å². The van der Waals surface area contributed by atoms with E-state index in [2.05, 4.69) is 9.97 Å². The number of halogens is 1. The summed E-state index contributed by atoms with van der Waals surface area (Å²) in [7, 11) is 0. The first-order valence-electron chi connectivity index (χ1n) is 4.48. The van der Waals surface area contributed by atoms with E-state index in [4.69, 9.17) is 16.7 Å². The van der Waals surface area contributed by atoms with Crippen molar-refractivity contribution in [3.63, 3.8) is 0 Å². The van der Waals surface area contributed by atoms with Gasteiger partial charge in [0, 0.05) is 12.4 Å². The third kappa shape index (κ3) is 3.29. The van der Waals surface area contributed by atoms with Gasteiger partial charge in [0.1, 0.15) is 5.69 Å². The molecular formula is C8H10ClN3O3S. The van der Waals surface area contributed by atoms with Crippen LogP contribution in [0.4, 0.5) is 5.69 Å². The maximum absolute atomic E-state index is 10.8. The van der Waals surface area contributed by atoms with E-state index < -0.39 is 4.92 Å². The van der Waals surface area contributed by atoms with Gasteiger partial charge < -0.3 is 5.11 Å². The van der Waals surface area contributed by atoms with Crippen LogP contribution in [0.5, 0.6) is 0 Å². The number of nitrogens with zero attached hydrogens (tertiary/aromatic N) is 3. The molecule has 1 aromatic rings. The van der Waals surface area contributed by atoms with Crippen LogP contribution in [-0.4, -0.2) is 32.4 Å². The maximum Gasteiger partial charge on any atom is 0.322 e. The van der Waals surface area contributed by atoms with E-state index in [9.17, 15) is 10.1 Å². The van der Waals surface area contributed by atoms with Crippen LogP contribution in [-0.2, 0) is 0 Å². The van der Waals surface area contributed by atoms with Gasteiger partial charge in [-0.25, -0.2) is 9.97 Å². The van der Waals surface area contributed by atoms with Crippen LogP contribution < -0.4 is 0 Å². The molecule has 6 nitrogen and oxygen atoms in total. The SMILES string of the molecule is Cc1nc(Cl)nc(SCCCO)c1[N+](=O)[O-]. The fraction of sp³-hybridized carbons (Fsp3) is 0.500. The lowest BCUT2D eigenvalue weighted by Crippen LogP contribution is -2.01. The molecule has 0 fully saturated rings. The van der Waals surface area contributed by atoms with Crippen LogP contribution >= 0.6 is 23.4 Å². The largest absolute Gasteiger partial charge is 0.396 e. The Hall–Kier alpha value is -0.920. The van der Waals surface area contributed by atoms with Crippen LogP contribution in [0.1, 0.15) is 12.1 Å². The predicted molar refractivity (Wildman–Crippen MR) is 60.9 cm³/mol. The van der Waals surface area contributed by atoms with Crippen molar-refractivity contribution in [1.82, 2.24) is 9.97 Å². The lowest BCUT2D eigenvalue weighted by Gasteiger charge is -2.03. The number of thioether (sulfide) groups is 1. The Kier molecular flexibility index (Phi) is 4.91. The lowest BCUT2D eigenvalue weighted by molar-refractivity contribution is -0.389. The van der Waals surface area contributed by atoms with E-state index >= 15 is 0 Å².